The lowest BCUT2D eigenvalue weighted by molar-refractivity contribution is 0.0804. The maximum absolute atomic E-state index is 13.8. The van der Waals surface area contributed by atoms with Crippen LogP contribution < -0.4 is 9.47 Å². The maximum atomic E-state index is 13.8. The number of pyridine rings is 2. The minimum absolute atomic E-state index is 0.00779. The summed E-state index contributed by atoms with van der Waals surface area (Å²) in [5, 5.41) is 0.227. The number of alkyl halides is 3. The zero-order chi connectivity index (χ0) is 21.3. The highest BCUT2D eigenvalue weighted by Gasteiger charge is 2.27. The second-order valence-corrected chi connectivity index (χ2v) is 7.70. The van der Waals surface area contributed by atoms with Crippen LogP contribution in [0.25, 0.3) is 11.0 Å². The van der Waals surface area contributed by atoms with E-state index in [1.807, 2.05) is 11.6 Å². The Hall–Kier alpha value is -2.55. The third-order valence-corrected chi connectivity index (χ3v) is 5.31. The van der Waals surface area contributed by atoms with Gasteiger partial charge in [-0.1, -0.05) is 11.6 Å². The maximum Gasteiger partial charge on any atom is 0.272 e. The first-order chi connectivity index (χ1) is 14.4. The minimum atomic E-state index is -2.65. The van der Waals surface area contributed by atoms with Crippen molar-refractivity contribution in [2.24, 2.45) is 7.05 Å². The highest BCUT2D eigenvalue weighted by atomic mass is 35.5. The van der Waals surface area contributed by atoms with E-state index in [1.165, 1.54) is 12.3 Å². The third kappa shape index (κ3) is 4.45. The Morgan fingerprint density at radius 3 is 2.83 bits per heavy atom. The summed E-state index contributed by atoms with van der Waals surface area (Å²) in [5.41, 5.74) is 1.43. The van der Waals surface area contributed by atoms with Gasteiger partial charge in [-0.05, 0) is 25.7 Å². The topological polar surface area (TPSA) is 62.1 Å². The van der Waals surface area contributed by atoms with Crippen LogP contribution in [0.3, 0.4) is 0 Å². The van der Waals surface area contributed by atoms with Gasteiger partial charge in [0.15, 0.2) is 5.75 Å². The van der Waals surface area contributed by atoms with E-state index in [2.05, 4.69) is 15.0 Å². The Morgan fingerprint density at radius 2 is 2.07 bits per heavy atom. The monoisotopic (exact) mass is 440 g/mol. The van der Waals surface area contributed by atoms with Crippen molar-refractivity contribution in [2.75, 3.05) is 6.61 Å². The Bertz CT molecular complexity index is 1050. The van der Waals surface area contributed by atoms with Crippen LogP contribution in [0.15, 0.2) is 24.5 Å². The predicted octanol–water partition coefficient (Wildman–Crippen LogP) is 5.45. The molecular formula is C20H20ClF3N4O2. The van der Waals surface area contributed by atoms with Gasteiger partial charge in [0.05, 0.1) is 16.7 Å². The van der Waals surface area contributed by atoms with Crippen LogP contribution in [0.5, 0.6) is 17.5 Å². The zero-order valence-electron chi connectivity index (χ0n) is 16.2. The average Bonchev–Trinajstić information content (AvgIpc) is 3.04. The fourth-order valence-electron chi connectivity index (χ4n) is 3.72. The molecule has 160 valence electrons. The zero-order valence-corrected chi connectivity index (χ0v) is 17.0. The molecule has 1 aliphatic carbocycles. The number of halogens is 4. The van der Waals surface area contributed by atoms with Gasteiger partial charge in [0.1, 0.15) is 24.1 Å². The first-order valence-corrected chi connectivity index (χ1v) is 9.99. The van der Waals surface area contributed by atoms with E-state index in [4.69, 9.17) is 21.1 Å². The summed E-state index contributed by atoms with van der Waals surface area (Å²) in [6, 6.07) is 3.03. The number of hydrogen-bond donors (Lipinski definition) is 0. The smallest absolute Gasteiger partial charge is 0.272 e. The van der Waals surface area contributed by atoms with Gasteiger partial charge in [-0.2, -0.15) is 0 Å². The fourth-order valence-corrected chi connectivity index (χ4v) is 3.87. The van der Waals surface area contributed by atoms with Crippen molar-refractivity contribution in [1.82, 2.24) is 19.5 Å². The lowest BCUT2D eigenvalue weighted by atomic mass is 9.87. The molecule has 3 aromatic heterocycles. The van der Waals surface area contributed by atoms with Gasteiger partial charge in [0.25, 0.3) is 12.3 Å². The van der Waals surface area contributed by atoms with Crippen molar-refractivity contribution in [3.63, 3.8) is 0 Å². The molecule has 0 spiro atoms. The number of ether oxygens (including phenoxy) is 2. The number of hydrogen-bond acceptors (Lipinski definition) is 5. The molecule has 3 heterocycles. The molecule has 0 saturated heterocycles. The van der Waals surface area contributed by atoms with Crippen molar-refractivity contribution < 1.29 is 22.6 Å². The minimum Gasteiger partial charge on any atom is -0.482 e. The first-order valence-electron chi connectivity index (χ1n) is 9.61. The molecule has 0 aromatic carbocycles. The van der Waals surface area contributed by atoms with Gasteiger partial charge in [-0.25, -0.2) is 28.1 Å². The molecule has 1 fully saturated rings. The number of aromatic nitrogens is 4. The molecule has 0 radical (unpaired) electrons. The van der Waals surface area contributed by atoms with Crippen molar-refractivity contribution >= 4 is 22.6 Å². The second-order valence-electron chi connectivity index (χ2n) is 7.26. The van der Waals surface area contributed by atoms with Crippen LogP contribution in [-0.2, 0) is 7.05 Å². The third-order valence-electron chi connectivity index (χ3n) is 5.10. The van der Waals surface area contributed by atoms with E-state index in [0.717, 1.165) is 24.2 Å². The molecule has 4 rings (SSSR count). The van der Waals surface area contributed by atoms with Gasteiger partial charge in [-0.3, -0.25) is 0 Å². The van der Waals surface area contributed by atoms with E-state index in [-0.39, 0.29) is 28.5 Å². The molecule has 2 unspecified atom stereocenters. The molecule has 6 nitrogen and oxygen atoms in total. The standard InChI is InChI=1S/C20H20ClF3N4O2/c1-28-15-7-18(30-20-16(29-10-17(23)24)6-12(21)8-26-20)25-9-14(15)27-19(28)11-3-2-4-13(22)5-11/h6-9,11,13,17H,2-5,10H2,1H3. The predicted molar refractivity (Wildman–Crippen MR) is 105 cm³/mol. The first kappa shape index (κ1) is 20.7. The van der Waals surface area contributed by atoms with E-state index >= 15 is 0 Å². The molecule has 1 saturated carbocycles. The summed E-state index contributed by atoms with van der Waals surface area (Å²) in [4.78, 5) is 12.9. The molecule has 0 amide bonds. The van der Waals surface area contributed by atoms with Crippen LogP contribution in [0.1, 0.15) is 37.4 Å². The summed E-state index contributed by atoms with van der Waals surface area (Å²) in [6.07, 6.45) is 2.23. The van der Waals surface area contributed by atoms with Gasteiger partial charge < -0.3 is 14.0 Å². The molecular weight excluding hydrogens is 421 g/mol. The number of nitrogens with zero attached hydrogens (tertiary/aromatic N) is 4. The van der Waals surface area contributed by atoms with Gasteiger partial charge in [-0.15, -0.1) is 0 Å². The molecule has 30 heavy (non-hydrogen) atoms. The molecule has 3 aromatic rings. The molecule has 0 N–H and O–H groups in total. The fraction of sp³-hybridized carbons (Fsp3) is 0.450. The number of rotatable bonds is 6. The van der Waals surface area contributed by atoms with Crippen LogP contribution in [0, 0.1) is 0 Å². The van der Waals surface area contributed by atoms with E-state index in [1.54, 1.807) is 12.3 Å². The van der Waals surface area contributed by atoms with E-state index in [0.29, 0.717) is 18.4 Å². The van der Waals surface area contributed by atoms with Crippen LogP contribution in [-0.4, -0.2) is 38.7 Å². The number of imidazole rings is 1. The molecule has 10 heteroatoms. The summed E-state index contributed by atoms with van der Waals surface area (Å²) in [7, 11) is 1.87. The van der Waals surface area contributed by atoms with Crippen molar-refractivity contribution in [3.8, 4) is 17.5 Å². The summed E-state index contributed by atoms with van der Waals surface area (Å²) in [6.45, 7) is -0.813. The van der Waals surface area contributed by atoms with E-state index in [9.17, 15) is 13.2 Å². The highest BCUT2D eigenvalue weighted by molar-refractivity contribution is 6.30. The Kier molecular flexibility index (Phi) is 5.99. The van der Waals surface area contributed by atoms with E-state index < -0.39 is 19.2 Å². The summed E-state index contributed by atoms with van der Waals surface area (Å²) < 4.78 is 51.5. The lowest BCUT2D eigenvalue weighted by Gasteiger charge is -2.24. The molecule has 2 atom stereocenters. The van der Waals surface area contributed by atoms with Crippen LogP contribution in [0.4, 0.5) is 13.2 Å². The Labute approximate surface area is 176 Å². The average molecular weight is 441 g/mol. The largest absolute Gasteiger partial charge is 0.482 e. The number of fused-ring (bicyclic) bond motifs is 1. The van der Waals surface area contributed by atoms with Crippen LogP contribution >= 0.6 is 11.6 Å². The van der Waals surface area contributed by atoms with Crippen molar-refractivity contribution in [2.45, 2.75) is 44.2 Å². The second kappa shape index (κ2) is 8.67. The Morgan fingerprint density at radius 1 is 1.23 bits per heavy atom. The Balaban J connectivity index is 1.61. The van der Waals surface area contributed by atoms with Crippen molar-refractivity contribution in [3.05, 3.63) is 35.4 Å². The summed E-state index contributed by atoms with van der Waals surface area (Å²) >= 11 is 5.88. The van der Waals surface area contributed by atoms with Gasteiger partial charge in [0.2, 0.25) is 5.88 Å². The lowest BCUT2D eigenvalue weighted by Crippen LogP contribution is -2.17. The normalized spacial score (nSPS) is 19.4. The molecule has 1 aliphatic rings. The molecule has 0 aliphatic heterocycles. The van der Waals surface area contributed by atoms with Gasteiger partial charge in [0, 0.05) is 31.3 Å². The van der Waals surface area contributed by atoms with Crippen molar-refractivity contribution in [1.29, 1.82) is 0 Å². The van der Waals surface area contributed by atoms with Crippen LogP contribution in [0.2, 0.25) is 5.02 Å². The quantitative estimate of drug-likeness (QED) is 0.510. The van der Waals surface area contributed by atoms with Gasteiger partial charge >= 0.3 is 0 Å². The SMILES string of the molecule is Cn1c(C2CCCC(F)C2)nc2cnc(Oc3ncc(Cl)cc3OCC(F)F)cc21. The summed E-state index contributed by atoms with van der Waals surface area (Å²) in [5.74, 6) is 1.04. The highest BCUT2D eigenvalue weighted by Crippen LogP contribution is 2.36. The number of aryl methyl sites for hydroxylation is 1. The molecule has 0 bridgehead atoms.